The first-order valence-corrected chi connectivity index (χ1v) is 19.9. The zero-order chi connectivity index (χ0) is 43.4. The van der Waals surface area contributed by atoms with E-state index in [1.54, 1.807) is 53.7 Å². The number of piperazine rings is 1. The van der Waals surface area contributed by atoms with E-state index < -0.39 is 41.4 Å². The number of urea groups is 1. The lowest BCUT2D eigenvalue weighted by Crippen LogP contribution is -2.50. The average molecular weight is 856 g/mol. The van der Waals surface area contributed by atoms with E-state index >= 15 is 0 Å². The fourth-order valence-electron chi connectivity index (χ4n) is 6.26. The maximum atomic E-state index is 15.0. The molecule has 0 unspecified atom stereocenters. The number of ether oxygens (including phenoxy) is 4. The maximum Gasteiger partial charge on any atom is 0.423 e. The molecule has 0 spiro atoms. The van der Waals surface area contributed by atoms with E-state index in [0.717, 1.165) is 44.5 Å². The molecular weight excluding hydrogens is 803 g/mol. The molecule has 1 aromatic heterocycles. The zero-order valence-corrected chi connectivity index (χ0v) is 36.4. The van der Waals surface area contributed by atoms with Gasteiger partial charge in [0, 0.05) is 50.0 Å². The first-order valence-electron chi connectivity index (χ1n) is 19.2. The number of imide groups is 1. The molecule has 5 rings (SSSR count). The summed E-state index contributed by atoms with van der Waals surface area (Å²) in [5.41, 5.74) is -0.908. The summed E-state index contributed by atoms with van der Waals surface area (Å²) in [6, 6.07) is 6.82. The van der Waals surface area contributed by atoms with Crippen molar-refractivity contribution in [2.75, 3.05) is 71.9 Å². The summed E-state index contributed by atoms with van der Waals surface area (Å²) in [6.45, 7) is 20.0. The third-order valence-electron chi connectivity index (χ3n) is 9.20. The fraction of sp³-hybridized carbons (Fsp3) is 0.463. The van der Waals surface area contributed by atoms with E-state index in [1.807, 2.05) is 6.07 Å². The van der Waals surface area contributed by atoms with Crippen LogP contribution in [0.25, 0.3) is 0 Å². The summed E-state index contributed by atoms with van der Waals surface area (Å²) in [7, 11) is 2.73. The number of aromatic nitrogens is 2. The Morgan fingerprint density at radius 1 is 0.864 bits per heavy atom. The van der Waals surface area contributed by atoms with Gasteiger partial charge in [0.15, 0.2) is 0 Å². The lowest BCUT2D eigenvalue weighted by molar-refractivity contribution is -0.111. The van der Waals surface area contributed by atoms with Crippen LogP contribution in [0.1, 0.15) is 61.3 Å². The van der Waals surface area contributed by atoms with Gasteiger partial charge in [-0.25, -0.2) is 29.3 Å². The van der Waals surface area contributed by atoms with E-state index in [2.05, 4.69) is 38.6 Å². The van der Waals surface area contributed by atoms with Crippen LogP contribution in [0.15, 0.2) is 49.3 Å². The normalized spacial score (nSPS) is 14.5. The van der Waals surface area contributed by atoms with Gasteiger partial charge in [-0.05, 0) is 85.2 Å². The van der Waals surface area contributed by atoms with Crippen molar-refractivity contribution in [3.8, 4) is 11.5 Å². The van der Waals surface area contributed by atoms with Crippen LogP contribution in [0.3, 0.4) is 0 Å². The number of likely N-dealkylation sites (N-methyl/N-ethyl adjacent to an activating group) is 1. The Morgan fingerprint density at radius 3 is 1.97 bits per heavy atom. The lowest BCUT2D eigenvalue weighted by Gasteiger charge is -2.36. The van der Waals surface area contributed by atoms with Crippen molar-refractivity contribution in [2.45, 2.75) is 78.6 Å². The van der Waals surface area contributed by atoms with Crippen LogP contribution in [-0.2, 0) is 14.3 Å². The molecule has 1 N–H and O–H groups in total. The van der Waals surface area contributed by atoms with Crippen molar-refractivity contribution in [1.29, 1.82) is 0 Å². The minimum atomic E-state index is -1.09. The number of hydrogen-bond acceptors (Lipinski definition) is 12. The van der Waals surface area contributed by atoms with Crippen LogP contribution in [0.4, 0.5) is 48.8 Å². The lowest BCUT2D eigenvalue weighted by atomic mass is 10.1. The molecule has 3 aromatic rings. The molecule has 2 aliphatic rings. The van der Waals surface area contributed by atoms with Crippen molar-refractivity contribution < 1.29 is 38.1 Å². The Hall–Kier alpha value is -5.32. The predicted octanol–water partition coefficient (Wildman–Crippen LogP) is 8.67. The van der Waals surface area contributed by atoms with Crippen molar-refractivity contribution in [3.05, 3.63) is 59.4 Å². The Morgan fingerprint density at radius 2 is 1.44 bits per heavy atom. The third-order valence-corrected chi connectivity index (χ3v) is 9.93. The highest BCUT2D eigenvalue weighted by atomic mass is 35.5. The number of benzene rings is 2. The SMILES string of the molecule is C=CC(=O)Nc1cc(N2CCN(CC)CC2)ccc1N(C(=O)OC(C)(C)C)c1cc(N(C(=O)N(C(=O)OC(C)(C)C)c2c(Cl)c(OC)cc(OC)c2Cl)C2CC2)ncn1. The first kappa shape index (κ1) is 44.8. The van der Waals surface area contributed by atoms with Crippen LogP contribution in [0, 0.1) is 0 Å². The van der Waals surface area contributed by atoms with Crippen molar-refractivity contribution >= 4 is 81.7 Å². The Kier molecular flexibility index (Phi) is 13.9. The minimum Gasteiger partial charge on any atom is -0.495 e. The van der Waals surface area contributed by atoms with Crippen LogP contribution in [0.5, 0.6) is 11.5 Å². The number of halogens is 2. The highest BCUT2D eigenvalue weighted by Crippen LogP contribution is 2.48. The summed E-state index contributed by atoms with van der Waals surface area (Å²) in [5.74, 6) is -0.342. The second kappa shape index (κ2) is 18.3. The first-order chi connectivity index (χ1) is 27.8. The zero-order valence-electron chi connectivity index (χ0n) is 34.9. The molecule has 2 fully saturated rings. The second-order valence-electron chi connectivity index (χ2n) is 15.8. The number of nitrogens with zero attached hydrogens (tertiary/aromatic N) is 7. The molecule has 59 heavy (non-hydrogen) atoms. The van der Waals surface area contributed by atoms with Gasteiger partial charge >= 0.3 is 18.2 Å². The number of anilines is 6. The Bertz CT molecular complexity index is 2050. The Labute approximate surface area is 354 Å². The van der Waals surface area contributed by atoms with Gasteiger partial charge in [-0.2, -0.15) is 4.90 Å². The van der Waals surface area contributed by atoms with Crippen molar-refractivity contribution in [1.82, 2.24) is 14.9 Å². The summed E-state index contributed by atoms with van der Waals surface area (Å²) < 4.78 is 22.5. The monoisotopic (exact) mass is 854 g/mol. The fourth-order valence-corrected chi connectivity index (χ4v) is 6.93. The topological polar surface area (TPSA) is 159 Å². The van der Waals surface area contributed by atoms with Crippen molar-refractivity contribution in [2.24, 2.45) is 0 Å². The maximum absolute atomic E-state index is 15.0. The number of carbonyl (C=O) groups excluding carboxylic acids is 4. The molecule has 2 heterocycles. The smallest absolute Gasteiger partial charge is 0.423 e. The number of methoxy groups -OCH3 is 2. The second-order valence-corrected chi connectivity index (χ2v) is 16.6. The van der Waals surface area contributed by atoms with Crippen molar-refractivity contribution in [3.63, 3.8) is 0 Å². The van der Waals surface area contributed by atoms with Crippen LogP contribution >= 0.6 is 23.2 Å². The van der Waals surface area contributed by atoms with Gasteiger partial charge in [0.2, 0.25) is 5.91 Å². The van der Waals surface area contributed by atoms with Gasteiger partial charge in [0.05, 0.1) is 25.6 Å². The minimum absolute atomic E-state index is 0.0101. The van der Waals surface area contributed by atoms with Crippen LogP contribution < -0.4 is 34.4 Å². The molecule has 2 aromatic carbocycles. The summed E-state index contributed by atoms with van der Waals surface area (Å²) in [6.07, 6.45) is 1.50. The molecule has 16 nitrogen and oxygen atoms in total. The van der Waals surface area contributed by atoms with E-state index in [0.29, 0.717) is 17.7 Å². The van der Waals surface area contributed by atoms with E-state index in [-0.39, 0.29) is 50.2 Å². The summed E-state index contributed by atoms with van der Waals surface area (Å²) >= 11 is 13.6. The van der Waals surface area contributed by atoms with Gasteiger partial charge in [-0.3, -0.25) is 9.69 Å². The third kappa shape index (κ3) is 10.7. The standard InChI is InChI=1S/C41H52Cl2N8O8/c1-11-33(52)46-27-21-26(48-19-17-47(12-2)18-20-48)15-16-28(27)50(38(54)58-40(3,4)5)32-23-31(44-24-45-32)49(25-13-14-25)37(53)51(39(55)59-41(6,7)8)36-34(42)29(56-9)22-30(57-10)35(36)43/h11,15-16,21-25H,1,12-14,17-20H2,2-10H3,(H,46,52). The molecule has 0 radical (unpaired) electrons. The quantitative estimate of drug-likeness (QED) is 0.183. The molecule has 18 heteroatoms. The van der Waals surface area contributed by atoms with Gasteiger partial charge < -0.3 is 34.1 Å². The molecule has 5 amide bonds. The van der Waals surface area contributed by atoms with Gasteiger partial charge in [-0.1, -0.05) is 36.7 Å². The number of rotatable bonds is 11. The van der Waals surface area contributed by atoms with Gasteiger partial charge in [-0.15, -0.1) is 0 Å². The predicted molar refractivity (Wildman–Crippen MR) is 229 cm³/mol. The molecule has 0 atom stereocenters. The molecule has 318 valence electrons. The van der Waals surface area contributed by atoms with E-state index in [1.165, 1.54) is 42.5 Å². The Balaban J connectivity index is 1.66. The molecule has 1 saturated carbocycles. The number of hydrogen-bond donors (Lipinski definition) is 1. The van der Waals surface area contributed by atoms with Gasteiger partial charge in [0.25, 0.3) is 0 Å². The molecule has 1 aliphatic heterocycles. The van der Waals surface area contributed by atoms with Crippen LogP contribution in [-0.4, -0.2) is 103 Å². The molecule has 1 saturated heterocycles. The number of carbonyl (C=O) groups is 4. The van der Waals surface area contributed by atoms with E-state index in [9.17, 15) is 19.2 Å². The molecular formula is C41H52Cl2N8O8. The average Bonchev–Trinajstić information content (AvgIpc) is 4.01. The van der Waals surface area contributed by atoms with E-state index in [4.69, 9.17) is 42.1 Å². The number of nitrogens with one attached hydrogen (secondary N) is 1. The van der Waals surface area contributed by atoms with Crippen LogP contribution in [0.2, 0.25) is 10.0 Å². The largest absolute Gasteiger partial charge is 0.495 e. The number of amides is 5. The van der Waals surface area contributed by atoms with Gasteiger partial charge in [0.1, 0.15) is 56.4 Å². The summed E-state index contributed by atoms with van der Waals surface area (Å²) in [4.78, 5) is 72.9. The molecule has 0 bridgehead atoms. The highest BCUT2D eigenvalue weighted by molar-refractivity contribution is 6.43. The summed E-state index contributed by atoms with van der Waals surface area (Å²) in [5, 5.41) is 2.54. The molecule has 1 aliphatic carbocycles. The highest BCUT2D eigenvalue weighted by Gasteiger charge is 2.43.